The zero-order valence-corrected chi connectivity index (χ0v) is 14.0. The molecule has 0 spiro atoms. The van der Waals surface area contributed by atoms with Crippen LogP contribution in [0, 0.1) is 0 Å². The van der Waals surface area contributed by atoms with Crippen molar-refractivity contribution in [2.45, 2.75) is 52.4 Å². The molecule has 0 atom stereocenters. The molecule has 116 valence electrons. The molecule has 0 bridgehead atoms. The van der Waals surface area contributed by atoms with Crippen LogP contribution in [0.3, 0.4) is 0 Å². The Kier molecular flexibility index (Phi) is 4.47. The number of rotatable bonds is 4. The predicted octanol–water partition coefficient (Wildman–Crippen LogP) is 4.86. The molecule has 2 heteroatoms. The molecule has 1 aliphatic carbocycles. The lowest BCUT2D eigenvalue weighted by Crippen LogP contribution is -2.01. The molecule has 1 aromatic carbocycles. The first-order valence-electron chi connectivity index (χ1n) is 8.42. The van der Waals surface area contributed by atoms with Crippen LogP contribution < -0.4 is 0 Å². The minimum absolute atomic E-state index is 1.11. The van der Waals surface area contributed by atoms with Gasteiger partial charge in [-0.1, -0.05) is 29.8 Å². The number of nitrogens with zero attached hydrogens (tertiary/aromatic N) is 2. The van der Waals surface area contributed by atoms with Gasteiger partial charge >= 0.3 is 0 Å². The summed E-state index contributed by atoms with van der Waals surface area (Å²) in [6.07, 6.45) is 9.45. The zero-order valence-electron chi connectivity index (χ0n) is 14.0. The Hall–Kier alpha value is -1.83. The van der Waals surface area contributed by atoms with Gasteiger partial charge in [0.15, 0.2) is 0 Å². The van der Waals surface area contributed by atoms with Gasteiger partial charge in [0.2, 0.25) is 0 Å². The van der Waals surface area contributed by atoms with E-state index in [9.17, 15) is 0 Å². The molecule has 0 saturated heterocycles. The van der Waals surface area contributed by atoms with E-state index in [0.29, 0.717) is 0 Å². The third kappa shape index (κ3) is 3.16. The fraction of sp³-hybridized carbons (Fsp3) is 0.450. The van der Waals surface area contributed by atoms with Gasteiger partial charge in [-0.2, -0.15) is 5.10 Å². The highest BCUT2D eigenvalue weighted by Gasteiger charge is 2.20. The van der Waals surface area contributed by atoms with Gasteiger partial charge in [-0.15, -0.1) is 0 Å². The first kappa shape index (κ1) is 15.1. The quantitative estimate of drug-likeness (QED) is 0.736. The summed E-state index contributed by atoms with van der Waals surface area (Å²) in [5.74, 6) is 0. The highest BCUT2D eigenvalue weighted by molar-refractivity contribution is 5.66. The van der Waals surface area contributed by atoms with E-state index in [4.69, 9.17) is 5.10 Å². The molecule has 1 aromatic heterocycles. The van der Waals surface area contributed by atoms with Crippen LogP contribution in [0.2, 0.25) is 0 Å². The molecule has 0 aliphatic heterocycles. The van der Waals surface area contributed by atoms with E-state index in [1.807, 2.05) is 0 Å². The predicted molar refractivity (Wildman–Crippen MR) is 93.0 cm³/mol. The largest absolute Gasteiger partial charge is 0.267 e. The maximum atomic E-state index is 4.75. The Morgan fingerprint density at radius 3 is 2.86 bits per heavy atom. The standard InChI is InChI=1S/C20H26N2/c1-15(2)8-6-9-16-10-7-11-17(14-16)20-18-12-4-5-13-19(18)21-22(20)3/h7-8,10-11,14H,4-6,9,12-13H2,1-3H3. The van der Waals surface area contributed by atoms with Crippen molar-refractivity contribution in [1.29, 1.82) is 0 Å². The van der Waals surface area contributed by atoms with Crippen molar-refractivity contribution in [2.75, 3.05) is 0 Å². The van der Waals surface area contributed by atoms with Crippen molar-refractivity contribution in [3.63, 3.8) is 0 Å². The highest BCUT2D eigenvalue weighted by Crippen LogP contribution is 2.31. The molecule has 2 aromatic rings. The summed E-state index contributed by atoms with van der Waals surface area (Å²) in [4.78, 5) is 0. The molecule has 0 unspecified atom stereocenters. The molecule has 22 heavy (non-hydrogen) atoms. The lowest BCUT2D eigenvalue weighted by atomic mass is 9.93. The van der Waals surface area contributed by atoms with Gasteiger partial charge in [0.05, 0.1) is 11.4 Å². The van der Waals surface area contributed by atoms with E-state index in [0.717, 1.165) is 19.3 Å². The van der Waals surface area contributed by atoms with E-state index in [2.05, 4.69) is 55.9 Å². The number of aryl methyl sites for hydroxylation is 3. The summed E-state index contributed by atoms with van der Waals surface area (Å²) < 4.78 is 2.09. The smallest absolute Gasteiger partial charge is 0.0713 e. The van der Waals surface area contributed by atoms with Crippen molar-refractivity contribution < 1.29 is 0 Å². The van der Waals surface area contributed by atoms with Crippen molar-refractivity contribution in [1.82, 2.24) is 9.78 Å². The number of fused-ring (bicyclic) bond motifs is 1. The molecular formula is C20H26N2. The van der Waals surface area contributed by atoms with Crippen LogP contribution in [0.4, 0.5) is 0 Å². The second-order valence-corrected chi connectivity index (χ2v) is 6.63. The normalized spacial score (nSPS) is 13.8. The summed E-state index contributed by atoms with van der Waals surface area (Å²) >= 11 is 0. The SMILES string of the molecule is CC(C)=CCCc1cccc(-c2c3c(nn2C)CCCC3)c1. The van der Waals surface area contributed by atoms with Crippen LogP contribution in [0.1, 0.15) is 49.9 Å². The number of hydrogen-bond donors (Lipinski definition) is 0. The fourth-order valence-corrected chi connectivity index (χ4v) is 3.44. The average molecular weight is 294 g/mol. The Labute approximate surface area is 133 Å². The van der Waals surface area contributed by atoms with Gasteiger partial charge in [-0.3, -0.25) is 4.68 Å². The Morgan fingerprint density at radius 2 is 2.05 bits per heavy atom. The minimum Gasteiger partial charge on any atom is -0.267 e. The summed E-state index contributed by atoms with van der Waals surface area (Å²) in [5.41, 5.74) is 8.28. The highest BCUT2D eigenvalue weighted by atomic mass is 15.3. The molecule has 2 nitrogen and oxygen atoms in total. The topological polar surface area (TPSA) is 17.8 Å². The van der Waals surface area contributed by atoms with Crippen molar-refractivity contribution in [2.24, 2.45) is 7.05 Å². The maximum absolute atomic E-state index is 4.75. The number of benzene rings is 1. The monoisotopic (exact) mass is 294 g/mol. The molecule has 0 saturated carbocycles. The van der Waals surface area contributed by atoms with E-state index in [1.165, 1.54) is 52.9 Å². The summed E-state index contributed by atoms with van der Waals surface area (Å²) in [5, 5.41) is 4.75. The van der Waals surface area contributed by atoms with Crippen molar-refractivity contribution in [3.05, 3.63) is 52.7 Å². The lowest BCUT2D eigenvalue weighted by Gasteiger charge is -2.12. The van der Waals surface area contributed by atoms with E-state index >= 15 is 0 Å². The maximum Gasteiger partial charge on any atom is 0.0713 e. The Morgan fingerprint density at radius 1 is 1.23 bits per heavy atom. The number of aromatic nitrogens is 2. The van der Waals surface area contributed by atoms with E-state index < -0.39 is 0 Å². The van der Waals surface area contributed by atoms with Gasteiger partial charge in [0, 0.05) is 18.2 Å². The summed E-state index contributed by atoms with van der Waals surface area (Å²) in [7, 11) is 2.09. The van der Waals surface area contributed by atoms with E-state index in [-0.39, 0.29) is 0 Å². The van der Waals surface area contributed by atoms with Crippen LogP contribution >= 0.6 is 0 Å². The summed E-state index contributed by atoms with van der Waals surface area (Å²) in [6.45, 7) is 4.33. The van der Waals surface area contributed by atoms with Crippen LogP contribution in [0.25, 0.3) is 11.3 Å². The van der Waals surface area contributed by atoms with E-state index in [1.54, 1.807) is 0 Å². The molecule has 0 N–H and O–H groups in total. The van der Waals surface area contributed by atoms with Crippen molar-refractivity contribution >= 4 is 0 Å². The van der Waals surface area contributed by atoms with Gasteiger partial charge in [-0.05, 0) is 64.0 Å². The zero-order chi connectivity index (χ0) is 15.5. The second-order valence-electron chi connectivity index (χ2n) is 6.63. The van der Waals surface area contributed by atoms with Crippen LogP contribution in [0.15, 0.2) is 35.9 Å². The average Bonchev–Trinajstić information content (AvgIpc) is 2.83. The van der Waals surface area contributed by atoms with Crippen LogP contribution in [-0.2, 0) is 26.3 Å². The third-order valence-electron chi connectivity index (χ3n) is 4.50. The van der Waals surface area contributed by atoms with Gasteiger partial charge in [-0.25, -0.2) is 0 Å². The molecule has 0 fully saturated rings. The molecule has 0 radical (unpaired) electrons. The molecule has 3 rings (SSSR count). The summed E-state index contributed by atoms with van der Waals surface area (Å²) in [6, 6.07) is 9.02. The van der Waals surface area contributed by atoms with Crippen molar-refractivity contribution in [3.8, 4) is 11.3 Å². The lowest BCUT2D eigenvalue weighted by molar-refractivity contribution is 0.664. The third-order valence-corrected chi connectivity index (χ3v) is 4.50. The molecule has 1 heterocycles. The first-order chi connectivity index (χ1) is 10.6. The van der Waals surface area contributed by atoms with Gasteiger partial charge < -0.3 is 0 Å². The fourth-order valence-electron chi connectivity index (χ4n) is 3.44. The van der Waals surface area contributed by atoms with Crippen LogP contribution in [0.5, 0.6) is 0 Å². The van der Waals surface area contributed by atoms with Crippen LogP contribution in [-0.4, -0.2) is 9.78 Å². The first-order valence-corrected chi connectivity index (χ1v) is 8.42. The second kappa shape index (κ2) is 6.51. The number of hydrogen-bond acceptors (Lipinski definition) is 1. The molecular weight excluding hydrogens is 268 g/mol. The Bertz CT molecular complexity index is 688. The number of allylic oxidation sites excluding steroid dienone is 2. The molecule has 1 aliphatic rings. The Balaban J connectivity index is 1.89. The van der Waals surface area contributed by atoms with Gasteiger partial charge in [0.25, 0.3) is 0 Å². The molecule has 0 amide bonds. The van der Waals surface area contributed by atoms with Gasteiger partial charge in [0.1, 0.15) is 0 Å². The minimum atomic E-state index is 1.11.